The Labute approximate surface area is 141 Å². The van der Waals surface area contributed by atoms with Gasteiger partial charge in [-0.3, -0.25) is 4.98 Å². The minimum absolute atomic E-state index is 0.159. The second kappa shape index (κ2) is 6.32. The number of nitrogens with zero attached hydrogens (tertiary/aromatic N) is 2. The molecule has 0 radical (unpaired) electrons. The molecule has 0 saturated carbocycles. The van der Waals surface area contributed by atoms with Crippen LogP contribution in [0.4, 0.5) is 19.0 Å². The van der Waals surface area contributed by atoms with Gasteiger partial charge >= 0.3 is 6.18 Å². The summed E-state index contributed by atoms with van der Waals surface area (Å²) in [5.41, 5.74) is -0.0275. The summed E-state index contributed by atoms with van der Waals surface area (Å²) in [6.07, 6.45) is -3.43. The standard InChI is InChI=1S/C16H12F3N3O2S/c17-16(18,19)11-5-1-4-8-14(11)25(23,24)10-21-15-9-20-12-6-2-3-7-13(12)22-15/h1-9H,10H2,(H,21,22). The van der Waals surface area contributed by atoms with E-state index < -0.39 is 32.3 Å². The van der Waals surface area contributed by atoms with Gasteiger partial charge in [-0.1, -0.05) is 24.3 Å². The van der Waals surface area contributed by atoms with Gasteiger partial charge in [-0.15, -0.1) is 0 Å². The lowest BCUT2D eigenvalue weighted by Gasteiger charge is -2.13. The number of sulfone groups is 1. The lowest BCUT2D eigenvalue weighted by atomic mass is 10.2. The number of fused-ring (bicyclic) bond motifs is 1. The van der Waals surface area contributed by atoms with Gasteiger partial charge in [-0.25, -0.2) is 13.4 Å². The normalized spacial score (nSPS) is 12.3. The first kappa shape index (κ1) is 17.2. The molecule has 25 heavy (non-hydrogen) atoms. The molecule has 0 unspecified atom stereocenters. The maximum Gasteiger partial charge on any atom is 0.417 e. The van der Waals surface area contributed by atoms with Crippen molar-refractivity contribution in [2.75, 3.05) is 11.2 Å². The maximum absolute atomic E-state index is 13.0. The highest BCUT2D eigenvalue weighted by Gasteiger charge is 2.36. The van der Waals surface area contributed by atoms with Crippen molar-refractivity contribution in [3.8, 4) is 0 Å². The highest BCUT2D eigenvalue weighted by molar-refractivity contribution is 7.91. The molecule has 130 valence electrons. The second-order valence-corrected chi connectivity index (χ2v) is 7.13. The fraction of sp³-hybridized carbons (Fsp3) is 0.125. The minimum Gasteiger partial charge on any atom is -0.355 e. The smallest absolute Gasteiger partial charge is 0.355 e. The van der Waals surface area contributed by atoms with Gasteiger partial charge in [-0.05, 0) is 24.3 Å². The fourth-order valence-corrected chi connectivity index (χ4v) is 3.56. The van der Waals surface area contributed by atoms with Gasteiger partial charge < -0.3 is 5.32 Å². The topological polar surface area (TPSA) is 72.0 Å². The van der Waals surface area contributed by atoms with Gasteiger partial charge in [-0.2, -0.15) is 13.2 Å². The van der Waals surface area contributed by atoms with Crippen LogP contribution in [0.25, 0.3) is 11.0 Å². The number of halogens is 3. The lowest BCUT2D eigenvalue weighted by molar-refractivity contribution is -0.139. The summed E-state index contributed by atoms with van der Waals surface area (Å²) in [7, 11) is -4.22. The van der Waals surface area contributed by atoms with Crippen molar-refractivity contribution in [3.05, 3.63) is 60.3 Å². The first-order valence-corrected chi connectivity index (χ1v) is 8.77. The van der Waals surface area contributed by atoms with Crippen LogP contribution in [0, 0.1) is 0 Å². The fourth-order valence-electron chi connectivity index (χ4n) is 2.26. The molecule has 0 bridgehead atoms. The van der Waals surface area contributed by atoms with E-state index in [4.69, 9.17) is 0 Å². The third-order valence-electron chi connectivity index (χ3n) is 3.42. The number of benzene rings is 2. The lowest BCUT2D eigenvalue weighted by Crippen LogP contribution is -2.19. The SMILES string of the molecule is O=S(=O)(CNc1cnc2ccccc2n1)c1ccccc1C(F)(F)F. The van der Waals surface area contributed by atoms with E-state index in [1.54, 1.807) is 24.3 Å². The molecule has 9 heteroatoms. The summed E-state index contributed by atoms with van der Waals surface area (Å²) in [6.45, 7) is 0. The van der Waals surface area contributed by atoms with Crippen LogP contribution in [0.15, 0.2) is 59.6 Å². The van der Waals surface area contributed by atoms with Gasteiger partial charge in [0.25, 0.3) is 0 Å². The Morgan fingerprint density at radius 2 is 1.60 bits per heavy atom. The molecule has 3 aromatic rings. The molecule has 0 spiro atoms. The summed E-state index contributed by atoms with van der Waals surface area (Å²) in [5, 5.41) is 2.53. The van der Waals surface area contributed by atoms with Crippen molar-refractivity contribution in [2.45, 2.75) is 11.1 Å². The molecule has 0 fully saturated rings. The molecule has 0 saturated heterocycles. The molecule has 3 rings (SSSR count). The van der Waals surface area contributed by atoms with E-state index in [1.165, 1.54) is 12.3 Å². The van der Waals surface area contributed by atoms with Crippen molar-refractivity contribution >= 4 is 26.7 Å². The van der Waals surface area contributed by atoms with Crippen LogP contribution >= 0.6 is 0 Å². The Morgan fingerprint density at radius 1 is 0.960 bits per heavy atom. The van der Waals surface area contributed by atoms with E-state index in [9.17, 15) is 21.6 Å². The van der Waals surface area contributed by atoms with Crippen LogP contribution in [0.3, 0.4) is 0 Å². The van der Waals surface area contributed by atoms with E-state index in [0.29, 0.717) is 11.0 Å². The maximum atomic E-state index is 13.0. The summed E-state index contributed by atoms with van der Waals surface area (Å²) in [5.74, 6) is -0.570. The average Bonchev–Trinajstić information content (AvgIpc) is 2.59. The zero-order chi connectivity index (χ0) is 18.1. The molecule has 0 amide bonds. The van der Waals surface area contributed by atoms with Crippen molar-refractivity contribution in [3.63, 3.8) is 0 Å². The third kappa shape index (κ3) is 3.71. The monoisotopic (exact) mass is 367 g/mol. The number of para-hydroxylation sites is 2. The molecule has 1 N–H and O–H groups in total. The largest absolute Gasteiger partial charge is 0.417 e. The Morgan fingerprint density at radius 3 is 2.32 bits per heavy atom. The molecular weight excluding hydrogens is 355 g/mol. The molecule has 5 nitrogen and oxygen atoms in total. The van der Waals surface area contributed by atoms with E-state index >= 15 is 0 Å². The highest BCUT2D eigenvalue weighted by Crippen LogP contribution is 2.34. The van der Waals surface area contributed by atoms with Crippen molar-refractivity contribution < 1.29 is 21.6 Å². The molecule has 1 aromatic heterocycles. The minimum atomic E-state index is -4.76. The predicted molar refractivity (Wildman–Crippen MR) is 86.7 cm³/mol. The van der Waals surface area contributed by atoms with E-state index in [0.717, 1.165) is 18.2 Å². The van der Waals surface area contributed by atoms with Gasteiger partial charge in [0.15, 0.2) is 9.84 Å². The van der Waals surface area contributed by atoms with Gasteiger partial charge in [0.05, 0.1) is 27.7 Å². The van der Waals surface area contributed by atoms with Crippen LogP contribution in [-0.2, 0) is 16.0 Å². The van der Waals surface area contributed by atoms with Crippen molar-refractivity contribution in [1.82, 2.24) is 9.97 Å². The Balaban J connectivity index is 1.87. The number of alkyl halides is 3. The predicted octanol–water partition coefficient (Wildman–Crippen LogP) is 3.49. The number of hydrogen-bond acceptors (Lipinski definition) is 5. The van der Waals surface area contributed by atoms with Crippen LogP contribution in [0.2, 0.25) is 0 Å². The van der Waals surface area contributed by atoms with Crippen LogP contribution < -0.4 is 5.32 Å². The van der Waals surface area contributed by atoms with Crippen LogP contribution in [0.1, 0.15) is 5.56 Å². The first-order chi connectivity index (χ1) is 11.8. The molecule has 2 aromatic carbocycles. The van der Waals surface area contributed by atoms with E-state index in [1.807, 2.05) is 0 Å². The summed E-state index contributed by atoms with van der Waals surface area (Å²) in [6, 6.07) is 11.0. The molecule has 0 aliphatic heterocycles. The van der Waals surface area contributed by atoms with Crippen LogP contribution in [0.5, 0.6) is 0 Å². The van der Waals surface area contributed by atoms with Crippen LogP contribution in [-0.4, -0.2) is 24.3 Å². The number of aromatic nitrogens is 2. The first-order valence-electron chi connectivity index (χ1n) is 7.12. The van der Waals surface area contributed by atoms with Crippen molar-refractivity contribution in [2.24, 2.45) is 0 Å². The summed E-state index contributed by atoms with van der Waals surface area (Å²) in [4.78, 5) is 7.52. The molecular formula is C16H12F3N3O2S. The Hall–Kier alpha value is -2.68. The highest BCUT2D eigenvalue weighted by atomic mass is 32.2. The second-order valence-electron chi connectivity index (χ2n) is 5.17. The van der Waals surface area contributed by atoms with E-state index in [-0.39, 0.29) is 5.82 Å². The average molecular weight is 367 g/mol. The number of hydrogen-bond donors (Lipinski definition) is 1. The zero-order valence-electron chi connectivity index (χ0n) is 12.7. The van der Waals surface area contributed by atoms with Gasteiger partial charge in [0.1, 0.15) is 11.7 Å². The molecule has 1 heterocycles. The molecule has 0 atom stereocenters. The Bertz CT molecular complexity index is 1020. The third-order valence-corrected chi connectivity index (χ3v) is 4.97. The molecule has 0 aliphatic carbocycles. The number of nitrogens with one attached hydrogen (secondary N) is 1. The number of anilines is 1. The van der Waals surface area contributed by atoms with Crippen molar-refractivity contribution in [1.29, 1.82) is 0 Å². The quantitative estimate of drug-likeness (QED) is 0.764. The van der Waals surface area contributed by atoms with Gasteiger partial charge in [0.2, 0.25) is 0 Å². The zero-order valence-corrected chi connectivity index (χ0v) is 13.5. The Kier molecular flexibility index (Phi) is 4.34. The van der Waals surface area contributed by atoms with Gasteiger partial charge in [0, 0.05) is 0 Å². The number of rotatable bonds is 4. The summed E-state index contributed by atoms with van der Waals surface area (Å²) >= 11 is 0. The summed E-state index contributed by atoms with van der Waals surface area (Å²) < 4.78 is 63.7. The molecule has 0 aliphatic rings. The van der Waals surface area contributed by atoms with E-state index in [2.05, 4.69) is 15.3 Å².